The van der Waals surface area contributed by atoms with Gasteiger partial charge in [-0.05, 0) is 42.8 Å². The van der Waals surface area contributed by atoms with Gasteiger partial charge in [-0.15, -0.1) is 11.3 Å². The lowest BCUT2D eigenvalue weighted by Gasteiger charge is -2.08. The normalized spacial score (nSPS) is 11.9. The van der Waals surface area contributed by atoms with E-state index in [9.17, 15) is 0 Å². The van der Waals surface area contributed by atoms with Crippen molar-refractivity contribution in [2.75, 3.05) is 0 Å². The van der Waals surface area contributed by atoms with Gasteiger partial charge >= 0.3 is 0 Å². The van der Waals surface area contributed by atoms with Gasteiger partial charge in [0.05, 0.1) is 11.0 Å². The molecule has 4 aromatic carbocycles. The smallest absolute Gasteiger partial charge is 0.0555 e. The van der Waals surface area contributed by atoms with E-state index in [0.717, 1.165) is 0 Å². The van der Waals surface area contributed by atoms with Crippen LogP contribution in [0, 0.1) is 6.92 Å². The van der Waals surface area contributed by atoms with E-state index in [0.29, 0.717) is 0 Å². The summed E-state index contributed by atoms with van der Waals surface area (Å²) >= 11 is 1.90. The van der Waals surface area contributed by atoms with E-state index < -0.39 is 0 Å². The molecule has 0 aliphatic carbocycles. The predicted octanol–water partition coefficient (Wildman–Crippen LogP) is 7.46. The predicted molar refractivity (Wildman–Crippen MR) is 118 cm³/mol. The number of nitrogens with zero attached hydrogens (tertiary/aromatic N) is 1. The Morgan fingerprint density at radius 2 is 1.48 bits per heavy atom. The molecule has 0 unspecified atom stereocenters. The summed E-state index contributed by atoms with van der Waals surface area (Å²) < 4.78 is 5.14. The molecule has 0 amide bonds. The van der Waals surface area contributed by atoms with E-state index in [1.54, 1.807) is 0 Å². The van der Waals surface area contributed by atoms with Crippen molar-refractivity contribution in [3.05, 3.63) is 90.5 Å². The van der Waals surface area contributed by atoms with Crippen molar-refractivity contribution < 1.29 is 0 Å². The number of para-hydroxylation sites is 1. The molecule has 0 fully saturated rings. The first-order valence-electron chi connectivity index (χ1n) is 9.22. The van der Waals surface area contributed by atoms with Gasteiger partial charge in [0.1, 0.15) is 0 Å². The Balaban J connectivity index is 1.87. The summed E-state index contributed by atoms with van der Waals surface area (Å²) in [4.78, 5) is 0. The van der Waals surface area contributed by atoms with Crippen LogP contribution < -0.4 is 0 Å². The van der Waals surface area contributed by atoms with Crippen LogP contribution >= 0.6 is 11.3 Å². The number of hydrogen-bond acceptors (Lipinski definition) is 1. The molecule has 2 heteroatoms. The molecule has 0 radical (unpaired) electrons. The summed E-state index contributed by atoms with van der Waals surface area (Å²) in [5, 5.41) is 5.40. The Labute approximate surface area is 161 Å². The maximum Gasteiger partial charge on any atom is 0.0555 e. The fraction of sp³-hybridized carbons (Fsp3) is 0.0400. The quantitative estimate of drug-likeness (QED) is 0.286. The Kier molecular flexibility index (Phi) is 3.03. The highest BCUT2D eigenvalue weighted by atomic mass is 32.1. The van der Waals surface area contributed by atoms with E-state index in [1.165, 1.54) is 53.2 Å². The van der Waals surface area contributed by atoms with Crippen molar-refractivity contribution in [2.24, 2.45) is 0 Å². The Morgan fingerprint density at radius 3 is 2.37 bits per heavy atom. The zero-order valence-corrected chi connectivity index (χ0v) is 15.8. The van der Waals surface area contributed by atoms with Crippen molar-refractivity contribution in [3.8, 4) is 5.69 Å². The molecule has 2 aromatic heterocycles. The zero-order chi connectivity index (χ0) is 18.0. The number of thiophene rings is 1. The van der Waals surface area contributed by atoms with E-state index in [-0.39, 0.29) is 0 Å². The molecule has 0 bridgehead atoms. The molecule has 6 aromatic rings. The number of hydrogen-bond donors (Lipinski definition) is 0. The fourth-order valence-corrected chi connectivity index (χ4v) is 5.54. The molecule has 0 atom stereocenters. The van der Waals surface area contributed by atoms with Gasteiger partial charge in [-0.1, -0.05) is 54.6 Å². The van der Waals surface area contributed by atoms with Crippen molar-refractivity contribution in [1.29, 1.82) is 0 Å². The summed E-state index contributed by atoms with van der Waals surface area (Å²) in [6.07, 6.45) is 0. The summed E-state index contributed by atoms with van der Waals surface area (Å²) in [5.41, 5.74) is 5.05. The van der Waals surface area contributed by atoms with Crippen molar-refractivity contribution in [3.63, 3.8) is 0 Å². The second-order valence-corrected chi connectivity index (χ2v) is 8.18. The lowest BCUT2D eigenvalue weighted by atomic mass is 10.1. The van der Waals surface area contributed by atoms with E-state index >= 15 is 0 Å². The third-order valence-electron chi connectivity index (χ3n) is 5.44. The van der Waals surface area contributed by atoms with Crippen LogP contribution in [0.2, 0.25) is 0 Å². The topological polar surface area (TPSA) is 4.93 Å². The molecule has 0 saturated heterocycles. The molecule has 0 saturated carbocycles. The van der Waals surface area contributed by atoms with Crippen molar-refractivity contribution in [2.45, 2.75) is 6.92 Å². The van der Waals surface area contributed by atoms with E-state index in [1.807, 2.05) is 11.3 Å². The lowest BCUT2D eigenvalue weighted by molar-refractivity contribution is 1.17. The first-order valence-corrected chi connectivity index (χ1v) is 10.0. The maximum atomic E-state index is 2.40. The first kappa shape index (κ1) is 15.0. The number of benzene rings is 4. The van der Waals surface area contributed by atoms with Crippen LogP contribution in [0.4, 0.5) is 0 Å². The summed E-state index contributed by atoms with van der Waals surface area (Å²) in [5.74, 6) is 0. The number of aryl methyl sites for hydroxylation is 1. The molecule has 0 spiro atoms. The second kappa shape index (κ2) is 5.45. The zero-order valence-electron chi connectivity index (χ0n) is 14.9. The largest absolute Gasteiger partial charge is 0.309 e. The monoisotopic (exact) mass is 363 g/mol. The molecule has 128 valence electrons. The van der Waals surface area contributed by atoms with E-state index in [2.05, 4.69) is 96.4 Å². The van der Waals surface area contributed by atoms with Crippen LogP contribution in [0.1, 0.15) is 5.56 Å². The van der Waals surface area contributed by atoms with E-state index in [4.69, 9.17) is 0 Å². The number of rotatable bonds is 1. The van der Waals surface area contributed by atoms with Gasteiger partial charge in [0, 0.05) is 36.6 Å². The summed E-state index contributed by atoms with van der Waals surface area (Å²) in [7, 11) is 0. The first-order chi connectivity index (χ1) is 13.3. The third kappa shape index (κ3) is 2.05. The molecule has 1 nitrogen and oxygen atoms in total. The van der Waals surface area contributed by atoms with Crippen LogP contribution in [0.25, 0.3) is 47.7 Å². The van der Waals surface area contributed by atoms with Crippen LogP contribution in [-0.4, -0.2) is 4.57 Å². The second-order valence-electron chi connectivity index (χ2n) is 7.13. The highest BCUT2D eigenvalue weighted by Crippen LogP contribution is 2.43. The average Bonchev–Trinajstić information content (AvgIpc) is 3.23. The van der Waals surface area contributed by atoms with Gasteiger partial charge in [0.25, 0.3) is 0 Å². The third-order valence-corrected chi connectivity index (χ3v) is 6.64. The fourth-order valence-electron chi connectivity index (χ4n) is 4.28. The summed E-state index contributed by atoms with van der Waals surface area (Å²) in [6, 6.07) is 30.8. The standard InChI is InChI=1S/C25H17NS/c1-16-7-6-8-17(15-16)26-21-11-4-2-10-20(21)24-22(26)14-13-19-18-9-3-5-12-23(18)27-25(19)24/h2-15H,1H3. The Hall–Kier alpha value is -3.10. The minimum Gasteiger partial charge on any atom is -0.309 e. The van der Waals surface area contributed by atoms with Crippen molar-refractivity contribution in [1.82, 2.24) is 4.57 Å². The van der Waals surface area contributed by atoms with Crippen LogP contribution in [0.3, 0.4) is 0 Å². The highest BCUT2D eigenvalue weighted by Gasteiger charge is 2.16. The molecular weight excluding hydrogens is 346 g/mol. The van der Waals surface area contributed by atoms with Gasteiger partial charge in [-0.2, -0.15) is 0 Å². The molecule has 0 aliphatic rings. The SMILES string of the molecule is Cc1cccc(-n2c3ccccc3c3c4sc5ccccc5c4ccc32)c1. The van der Waals surface area contributed by atoms with Gasteiger partial charge in [-0.25, -0.2) is 0 Å². The lowest BCUT2D eigenvalue weighted by Crippen LogP contribution is -1.93. The summed E-state index contributed by atoms with van der Waals surface area (Å²) in [6.45, 7) is 2.15. The minimum atomic E-state index is 1.22. The van der Waals surface area contributed by atoms with Gasteiger partial charge in [-0.3, -0.25) is 0 Å². The minimum absolute atomic E-state index is 1.22. The highest BCUT2D eigenvalue weighted by molar-refractivity contribution is 7.26. The Morgan fingerprint density at radius 1 is 0.667 bits per heavy atom. The molecule has 27 heavy (non-hydrogen) atoms. The van der Waals surface area contributed by atoms with Crippen LogP contribution in [-0.2, 0) is 0 Å². The number of aromatic nitrogens is 1. The molecule has 0 N–H and O–H groups in total. The Bertz CT molecular complexity index is 1480. The van der Waals surface area contributed by atoms with Crippen molar-refractivity contribution >= 4 is 53.3 Å². The van der Waals surface area contributed by atoms with Gasteiger partial charge in [0.2, 0.25) is 0 Å². The average molecular weight is 363 g/mol. The molecular formula is C25H17NS. The number of fused-ring (bicyclic) bond motifs is 7. The molecule has 2 heterocycles. The maximum absolute atomic E-state index is 2.40. The van der Waals surface area contributed by atoms with Gasteiger partial charge in [0.15, 0.2) is 0 Å². The van der Waals surface area contributed by atoms with Crippen LogP contribution in [0.15, 0.2) is 84.9 Å². The van der Waals surface area contributed by atoms with Crippen LogP contribution in [0.5, 0.6) is 0 Å². The molecule has 0 aliphatic heterocycles. The van der Waals surface area contributed by atoms with Gasteiger partial charge < -0.3 is 4.57 Å². The molecule has 6 rings (SSSR count).